The lowest BCUT2D eigenvalue weighted by atomic mass is 10.2. The molecule has 1 aliphatic rings. The lowest BCUT2D eigenvalue weighted by Gasteiger charge is -2.21. The summed E-state index contributed by atoms with van der Waals surface area (Å²) in [5, 5.41) is 8.95. The van der Waals surface area contributed by atoms with Gasteiger partial charge in [0.2, 0.25) is 0 Å². The summed E-state index contributed by atoms with van der Waals surface area (Å²) in [6, 6.07) is 6.31. The zero-order valence-electron chi connectivity index (χ0n) is 17.6. The number of nitrogens with one attached hydrogen (secondary N) is 2. The highest BCUT2D eigenvalue weighted by Crippen LogP contribution is 2.30. The maximum atomic E-state index is 5.41. The molecule has 0 saturated carbocycles. The minimum Gasteiger partial charge on any atom is -0.497 e. The Hall–Kier alpha value is -2.94. The van der Waals surface area contributed by atoms with Crippen LogP contribution in [0.25, 0.3) is 4.96 Å². The number of guanidine groups is 1. The van der Waals surface area contributed by atoms with Gasteiger partial charge in [-0.25, -0.2) is 9.98 Å². The van der Waals surface area contributed by atoms with Crippen molar-refractivity contribution in [3.63, 3.8) is 0 Å². The van der Waals surface area contributed by atoms with Gasteiger partial charge in [-0.3, -0.25) is 4.40 Å². The number of hydrogen-bond donors (Lipinski definition) is 2. The molecular weight excluding hydrogens is 400 g/mol. The van der Waals surface area contributed by atoms with E-state index in [-0.39, 0.29) is 0 Å². The molecular formula is C21H28N6O2S. The van der Waals surface area contributed by atoms with Crippen LogP contribution in [-0.2, 0) is 6.54 Å². The van der Waals surface area contributed by atoms with Gasteiger partial charge in [0, 0.05) is 67.3 Å². The molecule has 160 valence electrons. The molecule has 1 aliphatic heterocycles. The third-order valence-corrected chi connectivity index (χ3v) is 5.89. The summed E-state index contributed by atoms with van der Waals surface area (Å²) in [6.45, 7) is 5.29. The maximum absolute atomic E-state index is 5.41. The van der Waals surface area contributed by atoms with E-state index in [9.17, 15) is 0 Å². The Morgan fingerprint density at radius 1 is 1.27 bits per heavy atom. The second-order valence-corrected chi connectivity index (χ2v) is 8.04. The highest BCUT2D eigenvalue weighted by Gasteiger charge is 2.24. The number of benzene rings is 1. The lowest BCUT2D eigenvalue weighted by molar-refractivity contribution is 0.394. The topological polar surface area (TPSA) is 75.4 Å². The molecule has 1 atom stereocenters. The fraction of sp³-hybridized carbons (Fsp3) is 0.429. The van der Waals surface area contributed by atoms with Gasteiger partial charge in [-0.1, -0.05) is 0 Å². The molecule has 0 radical (unpaired) electrons. The van der Waals surface area contributed by atoms with Crippen molar-refractivity contribution in [1.82, 2.24) is 20.0 Å². The van der Waals surface area contributed by atoms with Crippen molar-refractivity contribution >= 4 is 27.9 Å². The van der Waals surface area contributed by atoms with Gasteiger partial charge in [-0.05, 0) is 13.3 Å². The summed E-state index contributed by atoms with van der Waals surface area (Å²) in [4.78, 5) is 12.7. The molecule has 1 aromatic carbocycles. The van der Waals surface area contributed by atoms with Crippen molar-refractivity contribution < 1.29 is 9.47 Å². The van der Waals surface area contributed by atoms with E-state index in [0.717, 1.165) is 59.9 Å². The molecule has 0 aliphatic carbocycles. The molecule has 0 bridgehead atoms. The molecule has 4 rings (SSSR count). The summed E-state index contributed by atoms with van der Waals surface area (Å²) in [6.07, 6.45) is 5.08. The van der Waals surface area contributed by atoms with Gasteiger partial charge in [-0.2, -0.15) is 0 Å². The van der Waals surface area contributed by atoms with Crippen LogP contribution in [-0.4, -0.2) is 55.2 Å². The van der Waals surface area contributed by atoms with Crippen LogP contribution in [0.4, 0.5) is 5.69 Å². The fourth-order valence-electron chi connectivity index (χ4n) is 3.61. The van der Waals surface area contributed by atoms with Gasteiger partial charge in [0.25, 0.3) is 0 Å². The number of aromatic nitrogens is 2. The van der Waals surface area contributed by atoms with Gasteiger partial charge in [0.05, 0.1) is 26.5 Å². The van der Waals surface area contributed by atoms with Gasteiger partial charge in [0.15, 0.2) is 10.9 Å². The smallest absolute Gasteiger partial charge is 0.193 e. The Balaban J connectivity index is 1.40. The summed E-state index contributed by atoms with van der Waals surface area (Å²) in [5.41, 5.74) is 2.08. The quantitative estimate of drug-likeness (QED) is 0.445. The summed E-state index contributed by atoms with van der Waals surface area (Å²) < 4.78 is 12.9. The molecule has 0 spiro atoms. The molecule has 3 heterocycles. The van der Waals surface area contributed by atoms with Crippen molar-refractivity contribution in [2.24, 2.45) is 4.99 Å². The standard InChI is InChI=1S/C21H28N6O2S/c1-4-22-20(23-12-16-14-27-7-8-30-21(27)25-16)24-15-5-6-26(13-15)17-9-18(28-2)11-19(10-17)29-3/h7-11,14-15H,4-6,12-13H2,1-3H3,(H2,22,23,24). The SMILES string of the molecule is CCNC(=NCc1cn2ccsc2n1)NC1CCN(c2cc(OC)cc(OC)c2)C1. The van der Waals surface area contributed by atoms with Crippen LogP contribution >= 0.6 is 11.3 Å². The molecule has 1 unspecified atom stereocenters. The average molecular weight is 429 g/mol. The number of ether oxygens (including phenoxy) is 2. The number of nitrogens with zero attached hydrogens (tertiary/aromatic N) is 4. The molecule has 1 fully saturated rings. The summed E-state index contributed by atoms with van der Waals surface area (Å²) >= 11 is 1.63. The number of fused-ring (bicyclic) bond motifs is 1. The number of aliphatic imine (C=N–C) groups is 1. The Labute approximate surface area is 180 Å². The number of anilines is 1. The zero-order chi connectivity index (χ0) is 20.9. The van der Waals surface area contributed by atoms with Gasteiger partial charge >= 0.3 is 0 Å². The van der Waals surface area contributed by atoms with Crippen LogP contribution in [0.5, 0.6) is 11.5 Å². The zero-order valence-corrected chi connectivity index (χ0v) is 18.4. The van der Waals surface area contributed by atoms with Crippen LogP contribution in [0.15, 0.2) is 41.0 Å². The van der Waals surface area contributed by atoms with Crippen molar-refractivity contribution in [3.8, 4) is 11.5 Å². The van der Waals surface area contributed by atoms with Crippen LogP contribution in [0.1, 0.15) is 19.0 Å². The Morgan fingerprint density at radius 3 is 2.77 bits per heavy atom. The second-order valence-electron chi connectivity index (χ2n) is 7.17. The third-order valence-electron chi connectivity index (χ3n) is 5.12. The van der Waals surface area contributed by atoms with Crippen LogP contribution in [0, 0.1) is 0 Å². The molecule has 2 aromatic heterocycles. The lowest BCUT2D eigenvalue weighted by Crippen LogP contribution is -2.44. The molecule has 1 saturated heterocycles. The first-order valence-electron chi connectivity index (χ1n) is 10.1. The number of methoxy groups -OCH3 is 2. The van der Waals surface area contributed by atoms with Crippen molar-refractivity contribution in [2.75, 3.05) is 38.8 Å². The van der Waals surface area contributed by atoms with E-state index >= 15 is 0 Å². The van der Waals surface area contributed by atoms with E-state index in [1.807, 2.05) is 28.2 Å². The van der Waals surface area contributed by atoms with Gasteiger partial charge in [-0.15, -0.1) is 11.3 Å². The van der Waals surface area contributed by atoms with Crippen LogP contribution in [0.2, 0.25) is 0 Å². The second kappa shape index (κ2) is 9.25. The molecule has 3 aromatic rings. The predicted octanol–water partition coefficient (Wildman–Crippen LogP) is 2.75. The normalized spacial score (nSPS) is 16.8. The largest absolute Gasteiger partial charge is 0.497 e. The molecule has 8 nitrogen and oxygen atoms in total. The highest BCUT2D eigenvalue weighted by molar-refractivity contribution is 7.15. The van der Waals surface area contributed by atoms with E-state index < -0.39 is 0 Å². The Bertz CT molecular complexity index is 963. The van der Waals surface area contributed by atoms with E-state index in [1.54, 1.807) is 25.6 Å². The number of rotatable bonds is 7. The molecule has 2 N–H and O–H groups in total. The first kappa shape index (κ1) is 20.3. The minimum absolute atomic E-state index is 0.311. The van der Waals surface area contributed by atoms with E-state index in [0.29, 0.717) is 12.6 Å². The van der Waals surface area contributed by atoms with Crippen LogP contribution in [0.3, 0.4) is 0 Å². The van der Waals surface area contributed by atoms with E-state index in [1.165, 1.54) is 0 Å². The first-order chi connectivity index (χ1) is 14.7. The van der Waals surface area contributed by atoms with E-state index in [4.69, 9.17) is 14.5 Å². The number of imidazole rings is 1. The van der Waals surface area contributed by atoms with Crippen molar-refractivity contribution in [3.05, 3.63) is 41.7 Å². The average Bonchev–Trinajstić information content (AvgIpc) is 3.48. The van der Waals surface area contributed by atoms with Gasteiger partial charge < -0.3 is 25.0 Å². The first-order valence-corrected chi connectivity index (χ1v) is 11.0. The molecule has 9 heteroatoms. The fourth-order valence-corrected chi connectivity index (χ4v) is 4.33. The number of thiazole rings is 1. The maximum Gasteiger partial charge on any atom is 0.193 e. The molecule has 0 amide bonds. The van der Waals surface area contributed by atoms with E-state index in [2.05, 4.69) is 39.6 Å². The van der Waals surface area contributed by atoms with Crippen LogP contribution < -0.4 is 25.0 Å². The van der Waals surface area contributed by atoms with Crippen molar-refractivity contribution in [2.45, 2.75) is 25.9 Å². The van der Waals surface area contributed by atoms with Gasteiger partial charge in [0.1, 0.15) is 11.5 Å². The molecule has 30 heavy (non-hydrogen) atoms. The van der Waals surface area contributed by atoms with Crippen molar-refractivity contribution in [1.29, 1.82) is 0 Å². The predicted molar refractivity (Wildman–Crippen MR) is 121 cm³/mol. The Morgan fingerprint density at radius 2 is 2.07 bits per heavy atom. The third kappa shape index (κ3) is 4.62. The summed E-state index contributed by atoms with van der Waals surface area (Å²) in [7, 11) is 3.35. The number of hydrogen-bond acceptors (Lipinski definition) is 6. The Kier molecular flexibility index (Phi) is 6.27. The highest BCUT2D eigenvalue weighted by atomic mass is 32.1. The summed E-state index contributed by atoms with van der Waals surface area (Å²) in [5.74, 6) is 2.43. The minimum atomic E-state index is 0.311. The monoisotopic (exact) mass is 428 g/mol.